The molecule has 1 atom stereocenters. The number of hydrogen-bond donors (Lipinski definition) is 0. The summed E-state index contributed by atoms with van der Waals surface area (Å²) in [4.78, 5) is 13.9. The van der Waals surface area contributed by atoms with Gasteiger partial charge < -0.3 is 14.2 Å². The van der Waals surface area contributed by atoms with Crippen molar-refractivity contribution in [2.75, 3.05) is 4.90 Å². The molecule has 0 aromatic heterocycles. The fraction of sp³-hybridized carbons (Fsp3) is 0.588. The van der Waals surface area contributed by atoms with Crippen LogP contribution in [-0.2, 0) is 14.1 Å². The van der Waals surface area contributed by atoms with E-state index in [0.717, 1.165) is 17.6 Å². The molecule has 4 nitrogen and oxygen atoms in total. The first-order chi connectivity index (χ1) is 10.2. The standard InChI is InChI=1S/C17H24BNO3/c1-12-6-11-15(20)19(12)14-9-7-13(8-10-14)18-21-16(2,3)17(4,5)22-18/h7-10,12H,6,11H2,1-5H3. The first-order valence-corrected chi connectivity index (χ1v) is 7.99. The summed E-state index contributed by atoms with van der Waals surface area (Å²) in [6, 6.07) is 8.24. The summed E-state index contributed by atoms with van der Waals surface area (Å²) in [5.41, 5.74) is 1.27. The number of nitrogens with zero attached hydrogens (tertiary/aromatic N) is 1. The molecular formula is C17H24BNO3. The van der Waals surface area contributed by atoms with E-state index in [2.05, 4.69) is 6.92 Å². The molecule has 0 aliphatic carbocycles. The molecule has 0 bridgehead atoms. The lowest BCUT2D eigenvalue weighted by Gasteiger charge is -2.32. The van der Waals surface area contributed by atoms with E-state index in [-0.39, 0.29) is 30.3 Å². The summed E-state index contributed by atoms with van der Waals surface area (Å²) in [6.45, 7) is 10.3. The Balaban J connectivity index is 1.80. The van der Waals surface area contributed by atoms with Gasteiger partial charge in [0.15, 0.2) is 0 Å². The lowest BCUT2D eigenvalue weighted by atomic mass is 9.79. The zero-order chi connectivity index (χ0) is 16.1. The number of anilines is 1. The molecule has 1 aromatic carbocycles. The number of hydrogen-bond acceptors (Lipinski definition) is 3. The van der Waals surface area contributed by atoms with Crippen LogP contribution in [0.2, 0.25) is 0 Å². The van der Waals surface area contributed by atoms with E-state index in [4.69, 9.17) is 9.31 Å². The zero-order valence-electron chi connectivity index (χ0n) is 14.1. The van der Waals surface area contributed by atoms with E-state index < -0.39 is 0 Å². The van der Waals surface area contributed by atoms with E-state index in [9.17, 15) is 4.79 Å². The molecule has 5 heteroatoms. The van der Waals surface area contributed by atoms with Crippen molar-refractivity contribution in [3.05, 3.63) is 24.3 Å². The minimum absolute atomic E-state index is 0.205. The van der Waals surface area contributed by atoms with Crippen LogP contribution < -0.4 is 10.4 Å². The number of amides is 1. The van der Waals surface area contributed by atoms with E-state index in [1.165, 1.54) is 0 Å². The molecule has 2 aliphatic heterocycles. The highest BCUT2D eigenvalue weighted by atomic mass is 16.7. The second-order valence-electron chi connectivity index (χ2n) is 7.33. The van der Waals surface area contributed by atoms with Crippen molar-refractivity contribution in [2.24, 2.45) is 0 Å². The van der Waals surface area contributed by atoms with Gasteiger partial charge in [0.25, 0.3) is 0 Å². The third-order valence-corrected chi connectivity index (χ3v) is 5.18. The van der Waals surface area contributed by atoms with Crippen LogP contribution in [0.1, 0.15) is 47.5 Å². The van der Waals surface area contributed by atoms with Gasteiger partial charge in [0, 0.05) is 18.2 Å². The summed E-state index contributed by atoms with van der Waals surface area (Å²) in [7, 11) is -0.356. The summed E-state index contributed by atoms with van der Waals surface area (Å²) >= 11 is 0. The highest BCUT2D eigenvalue weighted by Gasteiger charge is 2.51. The monoisotopic (exact) mass is 301 g/mol. The summed E-state index contributed by atoms with van der Waals surface area (Å²) in [5, 5.41) is 0. The maximum absolute atomic E-state index is 12.0. The molecule has 2 aliphatic rings. The van der Waals surface area contributed by atoms with Gasteiger partial charge in [0.1, 0.15) is 0 Å². The van der Waals surface area contributed by atoms with E-state index in [1.54, 1.807) is 0 Å². The quantitative estimate of drug-likeness (QED) is 0.788. The summed E-state index contributed by atoms with van der Waals surface area (Å²) in [5.74, 6) is 0.205. The van der Waals surface area contributed by atoms with Crippen LogP contribution in [0.4, 0.5) is 5.69 Å². The Morgan fingerprint density at radius 2 is 1.64 bits per heavy atom. The second-order valence-corrected chi connectivity index (χ2v) is 7.33. The third kappa shape index (κ3) is 2.46. The van der Waals surface area contributed by atoms with Gasteiger partial charge in [0.2, 0.25) is 5.91 Å². The van der Waals surface area contributed by atoms with Crippen molar-refractivity contribution in [1.82, 2.24) is 0 Å². The molecule has 1 aromatic rings. The third-order valence-electron chi connectivity index (χ3n) is 5.18. The molecule has 0 N–H and O–H groups in total. The van der Waals surface area contributed by atoms with Crippen molar-refractivity contribution in [2.45, 2.75) is 64.7 Å². The van der Waals surface area contributed by atoms with Crippen molar-refractivity contribution >= 4 is 24.2 Å². The van der Waals surface area contributed by atoms with Gasteiger partial charge in [-0.2, -0.15) is 0 Å². The predicted octanol–water partition coefficient (Wildman–Crippen LogP) is 2.50. The highest BCUT2D eigenvalue weighted by Crippen LogP contribution is 2.36. The molecule has 2 fully saturated rings. The molecule has 1 unspecified atom stereocenters. The molecule has 0 spiro atoms. The highest BCUT2D eigenvalue weighted by molar-refractivity contribution is 6.62. The summed E-state index contributed by atoms with van der Waals surface area (Å²) < 4.78 is 12.1. The van der Waals surface area contributed by atoms with Crippen molar-refractivity contribution < 1.29 is 14.1 Å². The Bertz CT molecular complexity index is 566. The lowest BCUT2D eigenvalue weighted by molar-refractivity contribution is -0.117. The second kappa shape index (κ2) is 5.10. The Kier molecular flexibility index (Phi) is 3.61. The average Bonchev–Trinajstić information content (AvgIpc) is 2.87. The van der Waals surface area contributed by atoms with E-state index >= 15 is 0 Å². The molecule has 2 heterocycles. The first kappa shape index (κ1) is 15.6. The molecule has 22 heavy (non-hydrogen) atoms. The average molecular weight is 301 g/mol. The molecule has 0 saturated carbocycles. The molecule has 2 saturated heterocycles. The topological polar surface area (TPSA) is 38.8 Å². The van der Waals surface area contributed by atoms with Crippen LogP contribution in [0.25, 0.3) is 0 Å². The molecule has 3 rings (SSSR count). The van der Waals surface area contributed by atoms with Gasteiger partial charge in [-0.15, -0.1) is 0 Å². The largest absolute Gasteiger partial charge is 0.494 e. The lowest BCUT2D eigenvalue weighted by Crippen LogP contribution is -2.41. The first-order valence-electron chi connectivity index (χ1n) is 7.99. The van der Waals surface area contributed by atoms with Crippen LogP contribution in [0.15, 0.2) is 24.3 Å². The van der Waals surface area contributed by atoms with Crippen LogP contribution in [0.3, 0.4) is 0 Å². The van der Waals surface area contributed by atoms with Crippen molar-refractivity contribution in [3.8, 4) is 0 Å². The smallest absolute Gasteiger partial charge is 0.399 e. The number of rotatable bonds is 2. The Labute approximate surface area is 132 Å². The zero-order valence-corrected chi connectivity index (χ0v) is 14.1. The van der Waals surface area contributed by atoms with Gasteiger partial charge in [-0.05, 0) is 58.6 Å². The maximum Gasteiger partial charge on any atom is 0.494 e. The Morgan fingerprint density at radius 3 is 2.09 bits per heavy atom. The van der Waals surface area contributed by atoms with Crippen LogP contribution in [-0.4, -0.2) is 30.3 Å². The molecular weight excluding hydrogens is 277 g/mol. The normalized spacial score (nSPS) is 26.8. The molecule has 1 amide bonds. The Morgan fingerprint density at radius 1 is 1.09 bits per heavy atom. The van der Waals surface area contributed by atoms with Gasteiger partial charge >= 0.3 is 7.12 Å². The van der Waals surface area contributed by atoms with Crippen LogP contribution >= 0.6 is 0 Å². The van der Waals surface area contributed by atoms with Crippen molar-refractivity contribution in [1.29, 1.82) is 0 Å². The fourth-order valence-electron chi connectivity index (χ4n) is 3.00. The van der Waals surface area contributed by atoms with Crippen LogP contribution in [0, 0.1) is 0 Å². The van der Waals surface area contributed by atoms with Gasteiger partial charge in [-0.25, -0.2) is 0 Å². The van der Waals surface area contributed by atoms with Gasteiger partial charge in [0.05, 0.1) is 11.2 Å². The Hall–Kier alpha value is -1.33. The number of benzene rings is 1. The van der Waals surface area contributed by atoms with Gasteiger partial charge in [-0.1, -0.05) is 12.1 Å². The SMILES string of the molecule is CC1CCC(=O)N1c1ccc(B2OC(C)(C)C(C)(C)O2)cc1. The van der Waals surface area contributed by atoms with E-state index in [0.29, 0.717) is 6.42 Å². The molecule has 0 radical (unpaired) electrons. The minimum atomic E-state index is -0.356. The fourth-order valence-corrected chi connectivity index (χ4v) is 3.00. The number of carbonyl (C=O) groups excluding carboxylic acids is 1. The molecule has 118 valence electrons. The predicted molar refractivity (Wildman–Crippen MR) is 88.3 cm³/mol. The minimum Gasteiger partial charge on any atom is -0.399 e. The van der Waals surface area contributed by atoms with E-state index in [1.807, 2.05) is 56.9 Å². The van der Waals surface area contributed by atoms with Gasteiger partial charge in [-0.3, -0.25) is 4.79 Å². The number of carbonyl (C=O) groups is 1. The van der Waals surface area contributed by atoms with Crippen molar-refractivity contribution in [3.63, 3.8) is 0 Å². The maximum atomic E-state index is 12.0. The van der Waals surface area contributed by atoms with Crippen LogP contribution in [0.5, 0.6) is 0 Å². The summed E-state index contributed by atoms with van der Waals surface area (Å²) in [6.07, 6.45) is 1.57.